The van der Waals surface area contributed by atoms with Gasteiger partial charge in [0.05, 0.1) is 17.0 Å². The average Bonchev–Trinajstić information content (AvgIpc) is 3.76. The summed E-state index contributed by atoms with van der Waals surface area (Å²) >= 11 is 1.76. The predicted molar refractivity (Wildman–Crippen MR) is 170 cm³/mol. The summed E-state index contributed by atoms with van der Waals surface area (Å²) in [7, 11) is 1.72. The van der Waals surface area contributed by atoms with Crippen molar-refractivity contribution < 1.29 is 19.4 Å². The number of carbonyl (C=O) groups excluding carboxylic acids is 1. The molecule has 8 heteroatoms. The minimum Gasteiger partial charge on any atom is -0.496 e. The minimum atomic E-state index is -0.745. The van der Waals surface area contributed by atoms with E-state index in [1.165, 1.54) is 29.0 Å². The van der Waals surface area contributed by atoms with Gasteiger partial charge >= 0.3 is 5.97 Å². The van der Waals surface area contributed by atoms with Gasteiger partial charge < -0.3 is 9.84 Å². The normalized spacial score (nSPS) is 24.0. The van der Waals surface area contributed by atoms with E-state index in [0.29, 0.717) is 24.3 Å². The maximum absolute atomic E-state index is 14.2. The van der Waals surface area contributed by atoms with E-state index >= 15 is 0 Å². The van der Waals surface area contributed by atoms with Crippen LogP contribution in [0.3, 0.4) is 0 Å². The molecule has 3 fully saturated rings. The van der Waals surface area contributed by atoms with Crippen molar-refractivity contribution in [3.63, 3.8) is 0 Å². The molecule has 3 aliphatic rings. The van der Waals surface area contributed by atoms with Crippen LogP contribution >= 0.6 is 11.3 Å². The smallest absolute Gasteiger partial charge is 0.303 e. The third-order valence-corrected chi connectivity index (χ3v) is 11.1. The van der Waals surface area contributed by atoms with Gasteiger partial charge in [0.15, 0.2) is 0 Å². The number of hydrogen-bond donors (Lipinski definition) is 1. The van der Waals surface area contributed by atoms with Crippen LogP contribution in [0.2, 0.25) is 0 Å². The first-order valence-electron chi connectivity index (χ1n) is 16.0. The molecule has 0 radical (unpaired) electrons. The van der Waals surface area contributed by atoms with E-state index in [1.807, 2.05) is 23.4 Å². The number of rotatable bonds is 10. The number of carbonyl (C=O) groups is 2. The predicted octanol–water partition coefficient (Wildman–Crippen LogP) is 7.99. The lowest BCUT2D eigenvalue weighted by molar-refractivity contribution is -0.138. The molecular weight excluding hydrogens is 558 g/mol. The SMILES string of the molecule is COc1ccc(C2CCC(CN(C(=O)C3CCC(CC(=O)O)CC3)c3cc(-c4cnc(C5CC5)s4)ccn3)CC2)cc1C. The summed E-state index contributed by atoms with van der Waals surface area (Å²) in [5, 5.41) is 10.5. The van der Waals surface area contributed by atoms with Gasteiger partial charge in [-0.05, 0) is 124 Å². The number of aryl methyl sites for hydroxylation is 1. The number of nitrogens with zero attached hydrogens (tertiary/aromatic N) is 3. The highest BCUT2D eigenvalue weighted by Crippen LogP contribution is 2.44. The van der Waals surface area contributed by atoms with E-state index < -0.39 is 5.97 Å². The Hall–Kier alpha value is -3.26. The lowest BCUT2D eigenvalue weighted by Gasteiger charge is -2.35. The van der Waals surface area contributed by atoms with Gasteiger partial charge in [-0.2, -0.15) is 0 Å². The van der Waals surface area contributed by atoms with Gasteiger partial charge in [-0.25, -0.2) is 9.97 Å². The van der Waals surface area contributed by atoms with Crippen LogP contribution in [0.1, 0.15) is 98.6 Å². The molecule has 3 aliphatic carbocycles. The maximum Gasteiger partial charge on any atom is 0.303 e. The first-order chi connectivity index (χ1) is 20.9. The zero-order chi connectivity index (χ0) is 29.9. The Morgan fingerprint density at radius 2 is 1.65 bits per heavy atom. The Morgan fingerprint density at radius 1 is 0.930 bits per heavy atom. The van der Waals surface area contributed by atoms with Crippen molar-refractivity contribution in [2.45, 2.75) is 89.4 Å². The lowest BCUT2D eigenvalue weighted by Crippen LogP contribution is -2.42. The van der Waals surface area contributed by atoms with Crippen LogP contribution in [0.5, 0.6) is 5.75 Å². The molecule has 3 saturated carbocycles. The zero-order valence-electron chi connectivity index (χ0n) is 25.3. The second kappa shape index (κ2) is 13.2. The Morgan fingerprint density at radius 3 is 2.33 bits per heavy atom. The molecule has 3 aromatic rings. The van der Waals surface area contributed by atoms with Gasteiger partial charge in [-0.3, -0.25) is 14.5 Å². The number of carboxylic acids is 1. The van der Waals surface area contributed by atoms with E-state index in [1.54, 1.807) is 18.4 Å². The van der Waals surface area contributed by atoms with Crippen LogP contribution in [0.25, 0.3) is 10.4 Å². The molecule has 1 N–H and O–H groups in total. The lowest BCUT2D eigenvalue weighted by atomic mass is 9.77. The van der Waals surface area contributed by atoms with Crippen LogP contribution < -0.4 is 9.64 Å². The Kier molecular flexibility index (Phi) is 9.12. The number of anilines is 1. The summed E-state index contributed by atoms with van der Waals surface area (Å²) < 4.78 is 5.46. The van der Waals surface area contributed by atoms with Gasteiger partial charge in [0, 0.05) is 37.2 Å². The number of thiazole rings is 1. The van der Waals surface area contributed by atoms with Gasteiger partial charge in [0.25, 0.3) is 0 Å². The van der Waals surface area contributed by atoms with Crippen LogP contribution in [0.4, 0.5) is 5.82 Å². The van der Waals surface area contributed by atoms with Crippen LogP contribution in [0.15, 0.2) is 42.7 Å². The van der Waals surface area contributed by atoms with Crippen molar-refractivity contribution in [3.8, 4) is 16.2 Å². The van der Waals surface area contributed by atoms with Crippen molar-refractivity contribution in [3.05, 3.63) is 58.9 Å². The molecule has 0 unspecified atom stereocenters. The highest BCUT2D eigenvalue weighted by Gasteiger charge is 2.34. The molecule has 7 nitrogen and oxygen atoms in total. The monoisotopic (exact) mass is 601 g/mol. The molecule has 0 bridgehead atoms. The molecular formula is C35H43N3O4S. The molecule has 2 aromatic heterocycles. The summed E-state index contributed by atoms with van der Waals surface area (Å²) in [5.41, 5.74) is 3.62. The van der Waals surface area contributed by atoms with E-state index in [2.05, 4.69) is 36.2 Å². The topological polar surface area (TPSA) is 92.6 Å². The average molecular weight is 602 g/mol. The first-order valence-corrected chi connectivity index (χ1v) is 16.8. The molecule has 1 aromatic carbocycles. The van der Waals surface area contributed by atoms with E-state index in [-0.39, 0.29) is 24.2 Å². The Bertz CT molecular complexity index is 1430. The summed E-state index contributed by atoms with van der Waals surface area (Å²) in [6.07, 6.45) is 13.9. The Labute approximate surface area is 258 Å². The third-order valence-electron chi connectivity index (χ3n) is 9.86. The fraction of sp³-hybridized carbons (Fsp3) is 0.543. The van der Waals surface area contributed by atoms with E-state index in [9.17, 15) is 14.7 Å². The quantitative estimate of drug-likeness (QED) is 0.253. The fourth-order valence-electron chi connectivity index (χ4n) is 7.13. The van der Waals surface area contributed by atoms with Crippen molar-refractivity contribution in [2.24, 2.45) is 17.8 Å². The zero-order valence-corrected chi connectivity index (χ0v) is 26.2. The molecule has 0 aliphatic heterocycles. The highest BCUT2D eigenvalue weighted by atomic mass is 32.1. The number of aliphatic carboxylic acids is 1. The van der Waals surface area contributed by atoms with Crippen LogP contribution in [-0.2, 0) is 9.59 Å². The van der Waals surface area contributed by atoms with Gasteiger partial charge in [-0.1, -0.05) is 12.1 Å². The summed E-state index contributed by atoms with van der Waals surface area (Å²) in [4.78, 5) is 38.0. The maximum atomic E-state index is 14.2. The van der Waals surface area contributed by atoms with Gasteiger partial charge in [0.1, 0.15) is 11.6 Å². The summed E-state index contributed by atoms with van der Waals surface area (Å²) in [6.45, 7) is 2.78. The van der Waals surface area contributed by atoms with Crippen LogP contribution in [-0.4, -0.2) is 40.6 Å². The van der Waals surface area contributed by atoms with E-state index in [0.717, 1.165) is 73.4 Å². The second-order valence-corrected chi connectivity index (χ2v) is 14.0. The Balaban J connectivity index is 1.18. The molecule has 228 valence electrons. The molecule has 43 heavy (non-hydrogen) atoms. The van der Waals surface area contributed by atoms with Crippen molar-refractivity contribution in [1.29, 1.82) is 0 Å². The summed E-state index contributed by atoms with van der Waals surface area (Å²) in [5.74, 6) is 2.71. The van der Waals surface area contributed by atoms with Crippen molar-refractivity contribution in [2.75, 3.05) is 18.6 Å². The number of pyridine rings is 1. The minimum absolute atomic E-state index is 0.0843. The van der Waals surface area contributed by atoms with Gasteiger partial charge in [0.2, 0.25) is 5.91 Å². The van der Waals surface area contributed by atoms with Crippen molar-refractivity contribution >= 4 is 29.0 Å². The second-order valence-electron chi connectivity index (χ2n) is 13.0. The number of hydrogen-bond acceptors (Lipinski definition) is 6. The molecule has 0 saturated heterocycles. The highest BCUT2D eigenvalue weighted by molar-refractivity contribution is 7.15. The standard InChI is InChI=1S/C35H43N3O4S/c1-22-17-28(13-14-30(22)42-2)25-7-5-24(6-8-25)21-38(35(41)27-9-3-23(4-10-27)18-33(39)40)32-19-29(15-16-36-32)31-20-37-34(43-31)26-11-12-26/h13-17,19-20,23-27H,3-12,18,21H2,1-2H3,(H,39,40). The molecule has 0 atom stereocenters. The van der Waals surface area contributed by atoms with Crippen LogP contribution in [0, 0.1) is 24.7 Å². The number of amides is 1. The number of carboxylic acid groups (broad SMARTS) is 1. The molecule has 2 heterocycles. The number of benzene rings is 1. The summed E-state index contributed by atoms with van der Waals surface area (Å²) in [6, 6.07) is 10.7. The number of aromatic nitrogens is 2. The first kappa shape index (κ1) is 29.8. The van der Waals surface area contributed by atoms with Crippen molar-refractivity contribution in [1.82, 2.24) is 9.97 Å². The molecule has 6 rings (SSSR count). The third kappa shape index (κ3) is 7.11. The van der Waals surface area contributed by atoms with E-state index in [4.69, 9.17) is 9.72 Å². The van der Waals surface area contributed by atoms with Gasteiger partial charge in [-0.15, -0.1) is 11.3 Å². The number of ether oxygens (including phenoxy) is 1. The molecule has 1 amide bonds. The largest absolute Gasteiger partial charge is 0.496 e. The molecule has 0 spiro atoms. The fourth-order valence-corrected chi connectivity index (χ4v) is 8.21. The number of methoxy groups -OCH3 is 1.